The van der Waals surface area contributed by atoms with E-state index in [0.717, 1.165) is 39.0 Å². The minimum absolute atomic E-state index is 0.117. The van der Waals surface area contributed by atoms with Crippen LogP contribution in [0.4, 0.5) is 5.69 Å². The second-order valence-electron chi connectivity index (χ2n) is 7.16. The van der Waals surface area contributed by atoms with Gasteiger partial charge in [-0.3, -0.25) is 4.79 Å². The fraction of sp³-hybridized carbons (Fsp3) is 0.120. The smallest absolute Gasteiger partial charge is 0.256 e. The number of rotatable bonds is 3. The molecular weight excluding hydrogens is 344 g/mol. The van der Waals surface area contributed by atoms with Crippen LogP contribution in [0.3, 0.4) is 0 Å². The summed E-state index contributed by atoms with van der Waals surface area (Å²) in [7, 11) is 0. The largest absolute Gasteiger partial charge is 0.322 e. The Kier molecular flexibility index (Phi) is 4.66. The number of hydrogen-bond acceptors (Lipinski definition) is 2. The van der Waals surface area contributed by atoms with Crippen LogP contribution in [0.15, 0.2) is 72.8 Å². The SMILES string of the molecule is Cc1ccc(NC(=O)c2c(C)c(-c3ccc(C)cc3)nc3ccccc23)cc1. The number of carbonyl (C=O) groups is 1. The molecule has 3 heteroatoms. The van der Waals surface area contributed by atoms with Crippen LogP contribution >= 0.6 is 0 Å². The third kappa shape index (κ3) is 3.39. The molecule has 0 fully saturated rings. The molecule has 0 bridgehead atoms. The second kappa shape index (κ2) is 7.28. The van der Waals surface area contributed by atoms with Gasteiger partial charge in [0.05, 0.1) is 16.8 Å². The van der Waals surface area contributed by atoms with Gasteiger partial charge in [0.1, 0.15) is 0 Å². The van der Waals surface area contributed by atoms with Gasteiger partial charge < -0.3 is 5.32 Å². The van der Waals surface area contributed by atoms with Gasteiger partial charge in [-0.05, 0) is 44.5 Å². The molecule has 0 aliphatic heterocycles. The highest BCUT2D eigenvalue weighted by Crippen LogP contribution is 2.30. The quantitative estimate of drug-likeness (QED) is 0.477. The Hall–Kier alpha value is -3.46. The van der Waals surface area contributed by atoms with Crippen molar-refractivity contribution in [2.24, 2.45) is 0 Å². The number of pyridine rings is 1. The number of carbonyl (C=O) groups excluding carboxylic acids is 1. The van der Waals surface area contributed by atoms with Gasteiger partial charge in [-0.1, -0.05) is 65.7 Å². The summed E-state index contributed by atoms with van der Waals surface area (Å²) in [6.07, 6.45) is 0. The van der Waals surface area contributed by atoms with E-state index >= 15 is 0 Å². The number of hydrogen-bond donors (Lipinski definition) is 1. The molecule has 3 aromatic carbocycles. The van der Waals surface area contributed by atoms with E-state index in [4.69, 9.17) is 4.98 Å². The van der Waals surface area contributed by atoms with E-state index in [2.05, 4.69) is 36.5 Å². The third-order valence-corrected chi connectivity index (χ3v) is 5.00. The summed E-state index contributed by atoms with van der Waals surface area (Å²) in [5.74, 6) is -0.117. The van der Waals surface area contributed by atoms with Gasteiger partial charge >= 0.3 is 0 Å². The highest BCUT2D eigenvalue weighted by molar-refractivity contribution is 6.14. The van der Waals surface area contributed by atoms with E-state index < -0.39 is 0 Å². The third-order valence-electron chi connectivity index (χ3n) is 5.00. The van der Waals surface area contributed by atoms with Gasteiger partial charge in [-0.15, -0.1) is 0 Å². The van der Waals surface area contributed by atoms with E-state index in [9.17, 15) is 4.79 Å². The average Bonchev–Trinajstić information content (AvgIpc) is 2.70. The van der Waals surface area contributed by atoms with Gasteiger partial charge in [0.25, 0.3) is 5.91 Å². The fourth-order valence-corrected chi connectivity index (χ4v) is 3.42. The van der Waals surface area contributed by atoms with Crippen LogP contribution in [0.25, 0.3) is 22.2 Å². The van der Waals surface area contributed by atoms with Crippen LogP contribution in [0.5, 0.6) is 0 Å². The maximum absolute atomic E-state index is 13.2. The summed E-state index contributed by atoms with van der Waals surface area (Å²) in [4.78, 5) is 18.1. The minimum atomic E-state index is -0.117. The summed E-state index contributed by atoms with van der Waals surface area (Å²) in [5.41, 5.74) is 7.36. The monoisotopic (exact) mass is 366 g/mol. The molecule has 0 aliphatic rings. The van der Waals surface area contributed by atoms with E-state index in [1.54, 1.807) is 0 Å². The summed E-state index contributed by atoms with van der Waals surface area (Å²) < 4.78 is 0. The Morgan fingerprint density at radius 2 is 1.39 bits per heavy atom. The van der Waals surface area contributed by atoms with E-state index in [0.29, 0.717) is 5.56 Å². The van der Waals surface area contributed by atoms with Crippen molar-refractivity contribution < 1.29 is 4.79 Å². The van der Waals surface area contributed by atoms with Gasteiger partial charge in [0.15, 0.2) is 0 Å². The molecule has 3 nitrogen and oxygen atoms in total. The number of fused-ring (bicyclic) bond motifs is 1. The van der Waals surface area contributed by atoms with Crippen molar-refractivity contribution in [3.63, 3.8) is 0 Å². The molecule has 0 spiro atoms. The molecule has 1 amide bonds. The topological polar surface area (TPSA) is 42.0 Å². The first-order valence-corrected chi connectivity index (χ1v) is 9.37. The van der Waals surface area contributed by atoms with Crippen molar-refractivity contribution in [2.45, 2.75) is 20.8 Å². The van der Waals surface area contributed by atoms with Crippen LogP contribution in [-0.2, 0) is 0 Å². The molecule has 0 aliphatic carbocycles. The molecule has 0 radical (unpaired) electrons. The van der Waals surface area contributed by atoms with Gasteiger partial charge in [-0.2, -0.15) is 0 Å². The van der Waals surface area contributed by atoms with E-state index in [-0.39, 0.29) is 5.91 Å². The lowest BCUT2D eigenvalue weighted by Gasteiger charge is -2.15. The molecule has 1 N–H and O–H groups in total. The number of aryl methyl sites for hydroxylation is 2. The standard InChI is InChI=1S/C25H22N2O/c1-16-8-12-19(13-9-16)24-18(3)23(21-6-4-5-7-22(21)27-24)25(28)26-20-14-10-17(2)11-15-20/h4-15H,1-3H3,(H,26,28). The maximum Gasteiger partial charge on any atom is 0.256 e. The second-order valence-corrected chi connectivity index (χ2v) is 7.16. The van der Waals surface area contributed by atoms with Crippen LogP contribution in [-0.4, -0.2) is 10.9 Å². The van der Waals surface area contributed by atoms with Gasteiger partial charge in [-0.25, -0.2) is 4.98 Å². The predicted octanol–water partition coefficient (Wildman–Crippen LogP) is 6.08. The summed E-state index contributed by atoms with van der Waals surface area (Å²) in [5, 5.41) is 3.90. The number of amides is 1. The van der Waals surface area contributed by atoms with Crippen molar-refractivity contribution >= 4 is 22.5 Å². The number of anilines is 1. The Morgan fingerprint density at radius 1 is 0.786 bits per heavy atom. The molecule has 4 aromatic rings. The van der Waals surface area contributed by atoms with Crippen molar-refractivity contribution in [1.29, 1.82) is 0 Å². The molecule has 1 heterocycles. The predicted molar refractivity (Wildman–Crippen MR) is 116 cm³/mol. The van der Waals surface area contributed by atoms with Crippen LogP contribution < -0.4 is 5.32 Å². The zero-order valence-electron chi connectivity index (χ0n) is 16.3. The molecule has 0 atom stereocenters. The Labute approximate surface area is 165 Å². The molecule has 28 heavy (non-hydrogen) atoms. The number of nitrogens with zero attached hydrogens (tertiary/aromatic N) is 1. The Balaban J connectivity index is 1.86. The van der Waals surface area contributed by atoms with Crippen LogP contribution in [0, 0.1) is 20.8 Å². The lowest BCUT2D eigenvalue weighted by Crippen LogP contribution is -2.15. The van der Waals surface area contributed by atoms with Crippen LogP contribution in [0.2, 0.25) is 0 Å². The summed E-state index contributed by atoms with van der Waals surface area (Å²) in [6, 6.07) is 23.9. The molecule has 0 saturated carbocycles. The molecule has 0 saturated heterocycles. The lowest BCUT2D eigenvalue weighted by molar-refractivity contribution is 0.102. The molecule has 138 valence electrons. The first-order chi connectivity index (χ1) is 13.5. The minimum Gasteiger partial charge on any atom is -0.322 e. The van der Waals surface area contributed by atoms with Crippen molar-refractivity contribution in [3.05, 3.63) is 95.1 Å². The van der Waals surface area contributed by atoms with Crippen molar-refractivity contribution in [2.75, 3.05) is 5.32 Å². The van der Waals surface area contributed by atoms with Crippen molar-refractivity contribution in [1.82, 2.24) is 4.98 Å². The first kappa shape index (κ1) is 17.9. The van der Waals surface area contributed by atoms with E-state index in [1.807, 2.05) is 62.4 Å². The average molecular weight is 366 g/mol. The molecular formula is C25H22N2O. The van der Waals surface area contributed by atoms with E-state index in [1.165, 1.54) is 5.56 Å². The first-order valence-electron chi connectivity index (χ1n) is 9.37. The normalized spacial score (nSPS) is 10.8. The number of benzene rings is 3. The maximum atomic E-state index is 13.2. The number of para-hydroxylation sites is 1. The molecule has 4 rings (SSSR count). The number of nitrogens with one attached hydrogen (secondary N) is 1. The van der Waals surface area contributed by atoms with Crippen molar-refractivity contribution in [3.8, 4) is 11.3 Å². The van der Waals surface area contributed by atoms with Gasteiger partial charge in [0.2, 0.25) is 0 Å². The molecule has 1 aromatic heterocycles. The zero-order valence-corrected chi connectivity index (χ0v) is 16.3. The summed E-state index contributed by atoms with van der Waals surface area (Å²) in [6.45, 7) is 6.06. The lowest BCUT2D eigenvalue weighted by atomic mass is 9.96. The fourth-order valence-electron chi connectivity index (χ4n) is 3.42. The highest BCUT2D eigenvalue weighted by atomic mass is 16.1. The zero-order chi connectivity index (χ0) is 19.7. The number of aromatic nitrogens is 1. The highest BCUT2D eigenvalue weighted by Gasteiger charge is 2.19. The molecule has 0 unspecified atom stereocenters. The Bertz CT molecular complexity index is 1160. The van der Waals surface area contributed by atoms with Crippen LogP contribution in [0.1, 0.15) is 27.0 Å². The Morgan fingerprint density at radius 3 is 2.07 bits per heavy atom. The summed E-state index contributed by atoms with van der Waals surface area (Å²) >= 11 is 0. The van der Waals surface area contributed by atoms with Gasteiger partial charge in [0, 0.05) is 16.6 Å².